The topological polar surface area (TPSA) is 118 Å². The summed E-state index contributed by atoms with van der Waals surface area (Å²) in [5.74, 6) is 0. The van der Waals surface area contributed by atoms with Gasteiger partial charge in [0.2, 0.25) is 0 Å². The summed E-state index contributed by atoms with van der Waals surface area (Å²) in [6, 6.07) is 0. The molecule has 8 nitrogen and oxygen atoms in total. The van der Waals surface area contributed by atoms with Gasteiger partial charge in [0.1, 0.15) is 0 Å². The largest absolute Gasteiger partial charge is 0.394 e. The molecule has 4 saturated heterocycles. The second-order valence-electron chi connectivity index (χ2n) is 7.27. The summed E-state index contributed by atoms with van der Waals surface area (Å²) >= 11 is 0. The van der Waals surface area contributed by atoms with E-state index in [4.69, 9.17) is 39.4 Å². The summed E-state index contributed by atoms with van der Waals surface area (Å²) in [6.07, 6.45) is 9.23. The fraction of sp³-hybridized carbons (Fsp3) is 1.00. The molecular formula is C20H40O8Ti. The summed E-state index contributed by atoms with van der Waals surface area (Å²) < 4.78 is 20.2. The average Bonchev–Trinajstić information content (AvgIpc) is 3.57. The number of aliphatic hydroxyl groups is 4. The molecule has 0 aromatic carbocycles. The Morgan fingerprint density at radius 1 is 0.448 bits per heavy atom. The zero-order valence-electron chi connectivity index (χ0n) is 17.5. The predicted octanol–water partition coefficient (Wildman–Crippen LogP) is 0.628. The first kappa shape index (κ1) is 29.4. The molecule has 0 aromatic rings. The molecule has 29 heavy (non-hydrogen) atoms. The molecule has 0 saturated carbocycles. The molecule has 4 heterocycles. The van der Waals surface area contributed by atoms with Crippen LogP contribution in [-0.2, 0) is 40.7 Å². The molecule has 0 aliphatic carbocycles. The molecule has 4 fully saturated rings. The molecular weight excluding hydrogens is 416 g/mol. The van der Waals surface area contributed by atoms with Crippen LogP contribution >= 0.6 is 0 Å². The molecule has 4 N–H and O–H groups in total. The molecule has 0 bridgehead atoms. The van der Waals surface area contributed by atoms with Crippen LogP contribution < -0.4 is 0 Å². The van der Waals surface area contributed by atoms with Crippen molar-refractivity contribution in [1.29, 1.82) is 0 Å². The molecule has 4 rings (SSSR count). The van der Waals surface area contributed by atoms with E-state index in [9.17, 15) is 0 Å². The van der Waals surface area contributed by atoms with Crippen LogP contribution in [0.2, 0.25) is 0 Å². The third kappa shape index (κ3) is 14.9. The Kier molecular flexibility index (Phi) is 20.6. The quantitative estimate of drug-likeness (QED) is 0.455. The normalized spacial score (nSPS) is 30.2. The van der Waals surface area contributed by atoms with Crippen LogP contribution in [0.1, 0.15) is 51.4 Å². The minimum atomic E-state index is 0. The van der Waals surface area contributed by atoms with Crippen LogP contribution in [0, 0.1) is 0 Å². The number of rotatable bonds is 4. The molecule has 0 radical (unpaired) electrons. The fourth-order valence-electron chi connectivity index (χ4n) is 3.15. The van der Waals surface area contributed by atoms with E-state index in [2.05, 4.69) is 0 Å². The van der Waals surface area contributed by atoms with E-state index in [-0.39, 0.29) is 72.6 Å². The standard InChI is InChI=1S/4C5H10O2.Ti/c4*6-4-5-2-1-3-7-5;/h4*5-6H,1-4H2;. The van der Waals surface area contributed by atoms with E-state index < -0.39 is 0 Å². The van der Waals surface area contributed by atoms with Gasteiger partial charge in [0.25, 0.3) is 0 Å². The number of hydrogen-bond donors (Lipinski definition) is 4. The van der Waals surface area contributed by atoms with E-state index in [1.54, 1.807) is 0 Å². The van der Waals surface area contributed by atoms with Crippen molar-refractivity contribution in [2.45, 2.75) is 75.8 Å². The second kappa shape index (κ2) is 20.3. The van der Waals surface area contributed by atoms with Gasteiger partial charge in [0.15, 0.2) is 0 Å². The summed E-state index contributed by atoms with van der Waals surface area (Å²) in [5, 5.41) is 33.8. The Morgan fingerprint density at radius 3 is 0.724 bits per heavy atom. The van der Waals surface area contributed by atoms with Gasteiger partial charge in [-0.05, 0) is 51.4 Å². The van der Waals surface area contributed by atoms with Gasteiger partial charge >= 0.3 is 0 Å². The maximum atomic E-state index is 8.44. The van der Waals surface area contributed by atoms with Crippen LogP contribution in [0.3, 0.4) is 0 Å². The van der Waals surface area contributed by atoms with Crippen molar-refractivity contribution in [3.8, 4) is 0 Å². The van der Waals surface area contributed by atoms with Crippen LogP contribution in [0.15, 0.2) is 0 Å². The Labute approximate surface area is 189 Å². The van der Waals surface area contributed by atoms with Gasteiger partial charge in [0, 0.05) is 48.1 Å². The minimum absolute atomic E-state index is 0. The maximum Gasteiger partial charge on any atom is 0.0806 e. The smallest absolute Gasteiger partial charge is 0.0806 e. The molecule has 4 unspecified atom stereocenters. The maximum absolute atomic E-state index is 8.44. The monoisotopic (exact) mass is 456 g/mol. The molecule has 4 aliphatic heterocycles. The summed E-state index contributed by atoms with van der Waals surface area (Å²) in [6.45, 7) is 4.13. The predicted molar refractivity (Wildman–Crippen MR) is 104 cm³/mol. The first-order valence-electron chi connectivity index (χ1n) is 10.6. The second-order valence-corrected chi connectivity index (χ2v) is 7.27. The first-order valence-corrected chi connectivity index (χ1v) is 10.6. The van der Waals surface area contributed by atoms with E-state index in [0.717, 1.165) is 77.8 Å². The molecule has 4 aliphatic rings. The SMILES string of the molecule is OCC1CCCO1.OCC1CCCO1.OCC1CCCO1.OCC1CCCO1.[Ti]. The third-order valence-corrected chi connectivity index (χ3v) is 4.91. The van der Waals surface area contributed by atoms with Gasteiger partial charge in [-0.25, -0.2) is 0 Å². The van der Waals surface area contributed by atoms with Crippen molar-refractivity contribution in [2.75, 3.05) is 52.9 Å². The van der Waals surface area contributed by atoms with Crippen LogP contribution in [0.25, 0.3) is 0 Å². The van der Waals surface area contributed by atoms with Crippen molar-refractivity contribution in [1.82, 2.24) is 0 Å². The molecule has 4 atom stereocenters. The van der Waals surface area contributed by atoms with Gasteiger partial charge < -0.3 is 39.4 Å². The van der Waals surface area contributed by atoms with Crippen LogP contribution in [-0.4, -0.2) is 97.7 Å². The average molecular weight is 456 g/mol. The van der Waals surface area contributed by atoms with Crippen molar-refractivity contribution in [3.63, 3.8) is 0 Å². The molecule has 0 amide bonds. The van der Waals surface area contributed by atoms with Gasteiger partial charge in [-0.15, -0.1) is 0 Å². The van der Waals surface area contributed by atoms with E-state index in [0.29, 0.717) is 0 Å². The van der Waals surface area contributed by atoms with Crippen molar-refractivity contribution in [2.24, 2.45) is 0 Å². The zero-order valence-corrected chi connectivity index (χ0v) is 19.1. The van der Waals surface area contributed by atoms with Gasteiger partial charge in [-0.2, -0.15) is 0 Å². The Morgan fingerprint density at radius 2 is 0.655 bits per heavy atom. The van der Waals surface area contributed by atoms with Crippen molar-refractivity contribution >= 4 is 0 Å². The zero-order chi connectivity index (χ0) is 20.5. The van der Waals surface area contributed by atoms with Crippen LogP contribution in [0.4, 0.5) is 0 Å². The Bertz CT molecular complexity index is 262. The summed E-state index contributed by atoms with van der Waals surface area (Å²) in [4.78, 5) is 0. The van der Waals surface area contributed by atoms with Crippen LogP contribution in [0.5, 0.6) is 0 Å². The molecule has 172 valence electrons. The number of aliphatic hydroxyl groups excluding tert-OH is 4. The van der Waals surface area contributed by atoms with Gasteiger partial charge in [-0.3, -0.25) is 0 Å². The summed E-state index contributed by atoms with van der Waals surface area (Å²) in [5.41, 5.74) is 0. The fourth-order valence-corrected chi connectivity index (χ4v) is 3.15. The van der Waals surface area contributed by atoms with E-state index in [1.165, 1.54) is 0 Å². The minimum Gasteiger partial charge on any atom is -0.394 e. The Balaban J connectivity index is 0.000000356. The van der Waals surface area contributed by atoms with Gasteiger partial charge in [-0.1, -0.05) is 0 Å². The van der Waals surface area contributed by atoms with Gasteiger partial charge in [0.05, 0.1) is 50.8 Å². The number of ether oxygens (including phenoxy) is 4. The Hall–Kier alpha value is 0.394. The first-order chi connectivity index (χ1) is 13.7. The third-order valence-electron chi connectivity index (χ3n) is 4.91. The molecule has 0 spiro atoms. The summed E-state index contributed by atoms with van der Waals surface area (Å²) in [7, 11) is 0. The molecule has 9 heteroatoms. The van der Waals surface area contributed by atoms with E-state index >= 15 is 0 Å². The van der Waals surface area contributed by atoms with Crippen molar-refractivity contribution in [3.05, 3.63) is 0 Å². The van der Waals surface area contributed by atoms with Crippen molar-refractivity contribution < 1.29 is 61.1 Å². The van der Waals surface area contributed by atoms with E-state index in [1.807, 2.05) is 0 Å². The number of hydrogen-bond acceptors (Lipinski definition) is 8. The molecule has 0 aromatic heterocycles.